The zero-order chi connectivity index (χ0) is 12.7. The van der Waals surface area contributed by atoms with Crippen LogP contribution in [0.25, 0.3) is 0 Å². The first kappa shape index (κ1) is 14.5. The molecule has 0 heterocycles. The van der Waals surface area contributed by atoms with Gasteiger partial charge in [0.25, 0.3) is 0 Å². The van der Waals surface area contributed by atoms with Crippen molar-refractivity contribution >= 4 is 15.9 Å². The van der Waals surface area contributed by atoms with Crippen LogP contribution >= 0.6 is 15.9 Å². The Morgan fingerprint density at radius 2 is 2.12 bits per heavy atom. The molecule has 1 aromatic carbocycles. The van der Waals surface area contributed by atoms with E-state index in [9.17, 15) is 0 Å². The van der Waals surface area contributed by atoms with Gasteiger partial charge in [-0.15, -0.1) is 0 Å². The maximum atomic E-state index is 6.03. The van der Waals surface area contributed by atoms with Crippen LogP contribution in [0.2, 0.25) is 0 Å². The van der Waals surface area contributed by atoms with Gasteiger partial charge in [0.15, 0.2) is 0 Å². The van der Waals surface area contributed by atoms with Crippen LogP contribution in [0.3, 0.4) is 0 Å². The SMILES string of the molecule is CCCC(C)Oc1c(Br)cccc1CNCC. The lowest BCUT2D eigenvalue weighted by atomic mass is 10.2. The molecule has 0 fully saturated rings. The summed E-state index contributed by atoms with van der Waals surface area (Å²) in [7, 11) is 0. The highest BCUT2D eigenvalue weighted by Crippen LogP contribution is 2.30. The van der Waals surface area contributed by atoms with Crippen LogP contribution in [-0.2, 0) is 6.54 Å². The molecule has 96 valence electrons. The number of hydrogen-bond acceptors (Lipinski definition) is 2. The van der Waals surface area contributed by atoms with Crippen molar-refractivity contribution in [1.82, 2.24) is 5.32 Å². The minimum absolute atomic E-state index is 0.263. The van der Waals surface area contributed by atoms with Crippen molar-refractivity contribution in [3.05, 3.63) is 28.2 Å². The fourth-order valence-corrected chi connectivity index (χ4v) is 2.25. The van der Waals surface area contributed by atoms with Crippen LogP contribution in [0.4, 0.5) is 0 Å². The number of nitrogens with one attached hydrogen (secondary N) is 1. The Hall–Kier alpha value is -0.540. The van der Waals surface area contributed by atoms with Gasteiger partial charge in [-0.1, -0.05) is 32.4 Å². The molecule has 1 N–H and O–H groups in total. The van der Waals surface area contributed by atoms with E-state index in [1.54, 1.807) is 0 Å². The average molecular weight is 300 g/mol. The van der Waals surface area contributed by atoms with Gasteiger partial charge < -0.3 is 10.1 Å². The quantitative estimate of drug-likeness (QED) is 0.817. The van der Waals surface area contributed by atoms with Crippen molar-refractivity contribution in [3.63, 3.8) is 0 Å². The van der Waals surface area contributed by atoms with E-state index in [2.05, 4.69) is 48.1 Å². The van der Waals surface area contributed by atoms with Gasteiger partial charge in [0.05, 0.1) is 10.6 Å². The number of halogens is 1. The first-order valence-corrected chi connectivity index (χ1v) is 7.13. The van der Waals surface area contributed by atoms with Crippen molar-refractivity contribution in [2.75, 3.05) is 6.54 Å². The molecule has 0 aliphatic carbocycles. The van der Waals surface area contributed by atoms with Crippen LogP contribution in [0.5, 0.6) is 5.75 Å². The molecule has 1 unspecified atom stereocenters. The second kappa shape index (κ2) is 7.72. The maximum absolute atomic E-state index is 6.03. The third kappa shape index (κ3) is 4.68. The van der Waals surface area contributed by atoms with Gasteiger partial charge in [-0.2, -0.15) is 0 Å². The Morgan fingerprint density at radius 1 is 1.35 bits per heavy atom. The summed E-state index contributed by atoms with van der Waals surface area (Å²) in [4.78, 5) is 0. The molecule has 0 aliphatic heterocycles. The van der Waals surface area contributed by atoms with Crippen LogP contribution in [-0.4, -0.2) is 12.6 Å². The van der Waals surface area contributed by atoms with E-state index in [1.807, 2.05) is 12.1 Å². The van der Waals surface area contributed by atoms with Gasteiger partial charge in [0.2, 0.25) is 0 Å². The second-order valence-electron chi connectivity index (χ2n) is 4.23. The van der Waals surface area contributed by atoms with Crippen molar-refractivity contribution in [3.8, 4) is 5.75 Å². The molecule has 0 radical (unpaired) electrons. The molecule has 0 saturated heterocycles. The first-order chi connectivity index (χ1) is 8.19. The maximum Gasteiger partial charge on any atom is 0.138 e. The average Bonchev–Trinajstić information content (AvgIpc) is 2.30. The highest BCUT2D eigenvalue weighted by atomic mass is 79.9. The van der Waals surface area contributed by atoms with Crippen LogP contribution < -0.4 is 10.1 Å². The zero-order valence-electron chi connectivity index (χ0n) is 10.9. The molecule has 0 saturated carbocycles. The monoisotopic (exact) mass is 299 g/mol. The minimum Gasteiger partial charge on any atom is -0.489 e. The number of benzene rings is 1. The van der Waals surface area contributed by atoms with Crippen molar-refractivity contribution in [2.24, 2.45) is 0 Å². The molecule has 1 aromatic rings. The summed E-state index contributed by atoms with van der Waals surface area (Å²) in [6.45, 7) is 8.23. The topological polar surface area (TPSA) is 21.3 Å². The Bertz CT molecular complexity index is 341. The number of rotatable bonds is 7. The molecule has 0 spiro atoms. The summed E-state index contributed by atoms with van der Waals surface area (Å²) in [5.74, 6) is 0.981. The second-order valence-corrected chi connectivity index (χ2v) is 5.08. The molecule has 1 rings (SSSR count). The highest BCUT2D eigenvalue weighted by molar-refractivity contribution is 9.10. The number of hydrogen-bond donors (Lipinski definition) is 1. The standard InChI is InChI=1S/C14H22BrNO/c1-4-7-11(3)17-14-12(10-16-5-2)8-6-9-13(14)15/h6,8-9,11,16H,4-5,7,10H2,1-3H3. The van der Waals surface area contributed by atoms with Crippen LogP contribution in [0, 0.1) is 0 Å². The molecule has 2 nitrogen and oxygen atoms in total. The van der Waals surface area contributed by atoms with E-state index in [4.69, 9.17) is 4.74 Å². The molecule has 0 aliphatic rings. The minimum atomic E-state index is 0.263. The molecule has 3 heteroatoms. The van der Waals surface area contributed by atoms with Gasteiger partial charge in [-0.25, -0.2) is 0 Å². The fraction of sp³-hybridized carbons (Fsp3) is 0.571. The first-order valence-electron chi connectivity index (χ1n) is 6.33. The van der Waals surface area contributed by atoms with E-state index in [-0.39, 0.29) is 6.10 Å². The molecular weight excluding hydrogens is 278 g/mol. The molecule has 0 aromatic heterocycles. The van der Waals surface area contributed by atoms with Crippen molar-refractivity contribution < 1.29 is 4.74 Å². The van der Waals surface area contributed by atoms with E-state index in [0.29, 0.717) is 0 Å². The molecule has 0 bridgehead atoms. The summed E-state index contributed by atoms with van der Waals surface area (Å²) in [6, 6.07) is 6.19. The van der Waals surface area contributed by atoms with Crippen LogP contribution in [0.15, 0.2) is 22.7 Å². The van der Waals surface area contributed by atoms with Gasteiger partial charge in [-0.05, 0) is 41.9 Å². The Balaban J connectivity index is 2.79. The normalized spacial score (nSPS) is 12.5. The van der Waals surface area contributed by atoms with Gasteiger partial charge in [-0.3, -0.25) is 0 Å². The predicted molar refractivity (Wildman–Crippen MR) is 76.5 cm³/mol. The van der Waals surface area contributed by atoms with Crippen molar-refractivity contribution in [2.45, 2.75) is 46.3 Å². The summed E-state index contributed by atoms with van der Waals surface area (Å²) in [5.41, 5.74) is 1.21. The lowest BCUT2D eigenvalue weighted by Crippen LogP contribution is -2.16. The highest BCUT2D eigenvalue weighted by Gasteiger charge is 2.11. The predicted octanol–water partition coefficient (Wildman–Crippen LogP) is 4.13. The van der Waals surface area contributed by atoms with E-state index in [1.165, 1.54) is 5.56 Å². The smallest absolute Gasteiger partial charge is 0.138 e. The van der Waals surface area contributed by atoms with E-state index < -0.39 is 0 Å². The number of ether oxygens (including phenoxy) is 1. The Kier molecular flexibility index (Phi) is 6.60. The largest absolute Gasteiger partial charge is 0.489 e. The molecular formula is C14H22BrNO. The third-order valence-electron chi connectivity index (χ3n) is 2.63. The summed E-state index contributed by atoms with van der Waals surface area (Å²) in [6.07, 6.45) is 2.50. The van der Waals surface area contributed by atoms with Crippen molar-refractivity contribution in [1.29, 1.82) is 0 Å². The Labute approximate surface area is 113 Å². The van der Waals surface area contributed by atoms with E-state index >= 15 is 0 Å². The molecule has 1 atom stereocenters. The summed E-state index contributed by atoms with van der Waals surface area (Å²) in [5, 5.41) is 3.34. The fourth-order valence-electron chi connectivity index (χ4n) is 1.75. The summed E-state index contributed by atoms with van der Waals surface area (Å²) < 4.78 is 7.06. The molecule has 0 amide bonds. The van der Waals surface area contributed by atoms with Crippen LogP contribution in [0.1, 0.15) is 39.2 Å². The van der Waals surface area contributed by atoms with Gasteiger partial charge in [0, 0.05) is 12.1 Å². The lowest BCUT2D eigenvalue weighted by Gasteiger charge is -2.18. The molecule has 17 heavy (non-hydrogen) atoms. The zero-order valence-corrected chi connectivity index (χ0v) is 12.5. The number of para-hydroxylation sites is 1. The lowest BCUT2D eigenvalue weighted by molar-refractivity contribution is 0.206. The third-order valence-corrected chi connectivity index (χ3v) is 3.25. The van der Waals surface area contributed by atoms with Gasteiger partial charge >= 0.3 is 0 Å². The van der Waals surface area contributed by atoms with Gasteiger partial charge in [0.1, 0.15) is 5.75 Å². The summed E-state index contributed by atoms with van der Waals surface area (Å²) >= 11 is 3.57. The van der Waals surface area contributed by atoms with E-state index in [0.717, 1.165) is 36.2 Å². The Morgan fingerprint density at radius 3 is 2.76 bits per heavy atom.